The topological polar surface area (TPSA) is 93.5 Å². The first kappa shape index (κ1) is 18.4. The Kier molecular flexibility index (Phi) is 5.58. The number of sulfonamides is 1. The zero-order valence-electron chi connectivity index (χ0n) is 14.6. The molecule has 0 radical (unpaired) electrons. The van der Waals surface area contributed by atoms with Crippen LogP contribution in [0.15, 0.2) is 41.8 Å². The predicted octanol–water partition coefficient (Wildman–Crippen LogP) is 1.70. The van der Waals surface area contributed by atoms with Gasteiger partial charge in [-0.25, -0.2) is 13.4 Å². The molecule has 0 unspecified atom stereocenters. The maximum absolute atomic E-state index is 12.4. The Balaban J connectivity index is 1.60. The number of rotatable bonds is 7. The Morgan fingerprint density at radius 2 is 1.92 bits per heavy atom. The van der Waals surface area contributed by atoms with Crippen LogP contribution in [-0.2, 0) is 21.4 Å². The van der Waals surface area contributed by atoms with Gasteiger partial charge in [0, 0.05) is 25.0 Å². The summed E-state index contributed by atoms with van der Waals surface area (Å²) in [4.78, 5) is 16.1. The van der Waals surface area contributed by atoms with Crippen molar-refractivity contribution in [3.63, 3.8) is 0 Å². The molecule has 1 amide bonds. The SMILES string of the molecule is CCOc1ccc(NC(=O)Cn2cnc(S(=O)(=O)N3CCCC3)c2)cc1. The predicted molar refractivity (Wildman–Crippen MR) is 96.5 cm³/mol. The third kappa shape index (κ3) is 4.23. The molecule has 1 N–H and O–H groups in total. The van der Waals surface area contributed by atoms with Gasteiger partial charge in [0.25, 0.3) is 10.0 Å². The molecule has 0 spiro atoms. The fraction of sp³-hybridized carbons (Fsp3) is 0.412. The highest BCUT2D eigenvalue weighted by atomic mass is 32.2. The van der Waals surface area contributed by atoms with Crippen LogP contribution >= 0.6 is 0 Å². The molecule has 1 aromatic carbocycles. The minimum absolute atomic E-state index is 0.0181. The number of amides is 1. The van der Waals surface area contributed by atoms with Crippen molar-refractivity contribution < 1.29 is 17.9 Å². The molecule has 0 bridgehead atoms. The lowest BCUT2D eigenvalue weighted by Gasteiger charge is -2.12. The molecule has 3 rings (SSSR count). The second-order valence-electron chi connectivity index (χ2n) is 6.00. The van der Waals surface area contributed by atoms with Gasteiger partial charge in [0.2, 0.25) is 5.91 Å². The molecular formula is C17H22N4O4S. The van der Waals surface area contributed by atoms with E-state index in [1.165, 1.54) is 21.4 Å². The summed E-state index contributed by atoms with van der Waals surface area (Å²) in [6.45, 7) is 3.50. The monoisotopic (exact) mass is 378 g/mol. The van der Waals surface area contributed by atoms with E-state index in [9.17, 15) is 13.2 Å². The van der Waals surface area contributed by atoms with E-state index in [0.29, 0.717) is 25.4 Å². The summed E-state index contributed by atoms with van der Waals surface area (Å²) in [7, 11) is -3.57. The Bertz CT molecular complexity index is 855. The quantitative estimate of drug-likeness (QED) is 0.792. The summed E-state index contributed by atoms with van der Waals surface area (Å²) in [5, 5.41) is 2.74. The van der Waals surface area contributed by atoms with E-state index < -0.39 is 10.0 Å². The maximum atomic E-state index is 12.4. The molecule has 8 nitrogen and oxygen atoms in total. The van der Waals surface area contributed by atoms with E-state index in [0.717, 1.165) is 18.6 Å². The van der Waals surface area contributed by atoms with E-state index in [1.54, 1.807) is 24.3 Å². The van der Waals surface area contributed by atoms with Crippen molar-refractivity contribution in [3.05, 3.63) is 36.8 Å². The number of nitrogens with one attached hydrogen (secondary N) is 1. The van der Waals surface area contributed by atoms with Crippen LogP contribution in [0.25, 0.3) is 0 Å². The van der Waals surface area contributed by atoms with Crippen LogP contribution in [0.4, 0.5) is 5.69 Å². The van der Waals surface area contributed by atoms with Crippen LogP contribution in [0.2, 0.25) is 0 Å². The Morgan fingerprint density at radius 1 is 1.23 bits per heavy atom. The minimum Gasteiger partial charge on any atom is -0.494 e. The summed E-state index contributed by atoms with van der Waals surface area (Å²) < 4.78 is 33.1. The molecule has 26 heavy (non-hydrogen) atoms. The van der Waals surface area contributed by atoms with Crippen LogP contribution in [0.3, 0.4) is 0 Å². The molecule has 1 aliphatic rings. The normalized spacial score (nSPS) is 15.1. The first-order valence-electron chi connectivity index (χ1n) is 8.53. The van der Waals surface area contributed by atoms with Crippen LogP contribution < -0.4 is 10.1 Å². The second-order valence-corrected chi connectivity index (χ2v) is 7.89. The van der Waals surface area contributed by atoms with E-state index in [-0.39, 0.29) is 17.5 Å². The van der Waals surface area contributed by atoms with Crippen molar-refractivity contribution in [2.75, 3.05) is 25.0 Å². The molecule has 140 valence electrons. The number of aromatic nitrogens is 2. The van der Waals surface area contributed by atoms with Gasteiger partial charge in [-0.15, -0.1) is 0 Å². The minimum atomic E-state index is -3.57. The van der Waals surface area contributed by atoms with Crippen molar-refractivity contribution in [3.8, 4) is 5.75 Å². The second kappa shape index (κ2) is 7.88. The molecule has 0 atom stereocenters. The Hall–Kier alpha value is -2.39. The van der Waals surface area contributed by atoms with Gasteiger partial charge in [0.05, 0.1) is 12.9 Å². The number of carbonyl (C=O) groups is 1. The number of hydrogen-bond donors (Lipinski definition) is 1. The zero-order valence-corrected chi connectivity index (χ0v) is 15.4. The summed E-state index contributed by atoms with van der Waals surface area (Å²) in [5.74, 6) is 0.466. The summed E-state index contributed by atoms with van der Waals surface area (Å²) in [6, 6.07) is 7.05. The summed E-state index contributed by atoms with van der Waals surface area (Å²) in [6.07, 6.45) is 4.49. The van der Waals surface area contributed by atoms with Crippen molar-refractivity contribution in [1.29, 1.82) is 0 Å². The molecular weight excluding hydrogens is 356 g/mol. The third-order valence-corrected chi connectivity index (χ3v) is 5.84. The molecule has 1 aromatic heterocycles. The average molecular weight is 378 g/mol. The van der Waals surface area contributed by atoms with E-state index in [1.807, 2.05) is 6.92 Å². The van der Waals surface area contributed by atoms with Gasteiger partial charge in [-0.1, -0.05) is 0 Å². The number of benzene rings is 1. The van der Waals surface area contributed by atoms with Crippen molar-refractivity contribution in [2.24, 2.45) is 0 Å². The first-order chi connectivity index (χ1) is 12.5. The molecule has 2 heterocycles. The lowest BCUT2D eigenvalue weighted by Crippen LogP contribution is -2.28. The molecule has 0 saturated carbocycles. The fourth-order valence-corrected chi connectivity index (χ4v) is 4.24. The van der Waals surface area contributed by atoms with Gasteiger partial charge in [-0.3, -0.25) is 4.79 Å². The summed E-state index contributed by atoms with van der Waals surface area (Å²) >= 11 is 0. The molecule has 2 aromatic rings. The number of anilines is 1. The third-order valence-electron chi connectivity index (χ3n) is 4.05. The van der Waals surface area contributed by atoms with Gasteiger partial charge in [0.1, 0.15) is 12.3 Å². The molecule has 1 aliphatic heterocycles. The lowest BCUT2D eigenvalue weighted by atomic mass is 10.3. The van der Waals surface area contributed by atoms with Crippen LogP contribution in [0, 0.1) is 0 Å². The van der Waals surface area contributed by atoms with E-state index in [2.05, 4.69) is 10.3 Å². The highest BCUT2D eigenvalue weighted by Gasteiger charge is 2.29. The van der Waals surface area contributed by atoms with Crippen molar-refractivity contribution in [1.82, 2.24) is 13.9 Å². The van der Waals surface area contributed by atoms with Crippen molar-refractivity contribution >= 4 is 21.6 Å². The highest BCUT2D eigenvalue weighted by Crippen LogP contribution is 2.19. The van der Waals surface area contributed by atoms with Gasteiger partial charge in [0.15, 0.2) is 5.03 Å². The van der Waals surface area contributed by atoms with Gasteiger partial charge in [-0.2, -0.15) is 4.31 Å². The number of imidazole rings is 1. The first-order valence-corrected chi connectivity index (χ1v) is 9.97. The van der Waals surface area contributed by atoms with Crippen molar-refractivity contribution in [2.45, 2.75) is 31.3 Å². The number of hydrogen-bond acceptors (Lipinski definition) is 5. The van der Waals surface area contributed by atoms with E-state index >= 15 is 0 Å². The molecule has 1 fully saturated rings. The molecule has 9 heteroatoms. The lowest BCUT2D eigenvalue weighted by molar-refractivity contribution is -0.116. The zero-order chi connectivity index (χ0) is 18.6. The van der Waals surface area contributed by atoms with Gasteiger partial charge in [-0.05, 0) is 44.0 Å². The average Bonchev–Trinajstić information content (AvgIpc) is 3.29. The molecule has 1 saturated heterocycles. The summed E-state index contributed by atoms with van der Waals surface area (Å²) in [5.41, 5.74) is 0.642. The van der Waals surface area contributed by atoms with Crippen LogP contribution in [0.1, 0.15) is 19.8 Å². The maximum Gasteiger partial charge on any atom is 0.262 e. The van der Waals surface area contributed by atoms with Crippen LogP contribution in [0.5, 0.6) is 5.75 Å². The van der Waals surface area contributed by atoms with E-state index in [4.69, 9.17) is 4.74 Å². The van der Waals surface area contributed by atoms with Crippen LogP contribution in [-0.4, -0.2) is 47.9 Å². The number of carbonyl (C=O) groups excluding carboxylic acids is 1. The number of ether oxygens (including phenoxy) is 1. The highest BCUT2D eigenvalue weighted by molar-refractivity contribution is 7.89. The standard InChI is InChI=1S/C17H22N4O4S/c1-2-25-15-7-5-14(6-8-15)19-16(22)11-20-12-17(18-13-20)26(23,24)21-9-3-4-10-21/h5-8,12-13H,2-4,9-11H2,1H3,(H,19,22). The number of nitrogens with zero attached hydrogens (tertiary/aromatic N) is 3. The largest absolute Gasteiger partial charge is 0.494 e. The molecule has 0 aliphatic carbocycles. The van der Waals surface area contributed by atoms with Gasteiger partial charge >= 0.3 is 0 Å². The van der Waals surface area contributed by atoms with Gasteiger partial charge < -0.3 is 14.6 Å². The fourth-order valence-electron chi connectivity index (χ4n) is 2.79. The smallest absolute Gasteiger partial charge is 0.262 e. The Morgan fingerprint density at radius 3 is 2.58 bits per heavy atom. The Labute approximate surface area is 152 Å².